The molecule has 0 aliphatic rings. The van der Waals surface area contributed by atoms with Crippen molar-refractivity contribution in [2.75, 3.05) is 0 Å². The van der Waals surface area contributed by atoms with E-state index in [-0.39, 0.29) is 0 Å². The Hall–Kier alpha value is -2.67. The molecule has 0 aliphatic heterocycles. The van der Waals surface area contributed by atoms with Crippen LogP contribution in [0.2, 0.25) is 0 Å². The fraction of sp³-hybridized carbons (Fsp3) is 0. The molecular formula is C19H12O. The van der Waals surface area contributed by atoms with Crippen molar-refractivity contribution >= 4 is 38.6 Å². The maximum Gasteiger partial charge on any atom is 0.150 e. The summed E-state index contributed by atoms with van der Waals surface area (Å²) >= 11 is 0. The van der Waals surface area contributed by atoms with E-state index < -0.39 is 0 Å². The van der Waals surface area contributed by atoms with Crippen LogP contribution in [0.1, 0.15) is 10.4 Å². The fourth-order valence-electron chi connectivity index (χ4n) is 3.00. The van der Waals surface area contributed by atoms with Crippen LogP contribution in [-0.2, 0) is 0 Å². The van der Waals surface area contributed by atoms with Gasteiger partial charge < -0.3 is 0 Å². The van der Waals surface area contributed by atoms with Gasteiger partial charge in [-0.05, 0) is 38.4 Å². The lowest BCUT2D eigenvalue weighted by Gasteiger charge is -2.09. The molecule has 0 radical (unpaired) electrons. The summed E-state index contributed by atoms with van der Waals surface area (Å²) in [5.41, 5.74) is 0.753. The Bertz CT molecular complexity index is 967. The van der Waals surface area contributed by atoms with Crippen LogP contribution >= 0.6 is 0 Å². The van der Waals surface area contributed by atoms with Crippen LogP contribution in [0.25, 0.3) is 32.3 Å². The van der Waals surface area contributed by atoms with Crippen LogP contribution < -0.4 is 0 Å². The van der Waals surface area contributed by atoms with Crippen molar-refractivity contribution in [3.63, 3.8) is 0 Å². The van der Waals surface area contributed by atoms with Crippen molar-refractivity contribution in [3.8, 4) is 0 Å². The van der Waals surface area contributed by atoms with E-state index in [9.17, 15) is 4.79 Å². The molecule has 4 rings (SSSR count). The normalized spacial score (nSPS) is 11.2. The van der Waals surface area contributed by atoms with Gasteiger partial charge in [0.1, 0.15) is 0 Å². The van der Waals surface area contributed by atoms with Crippen molar-refractivity contribution < 1.29 is 4.79 Å². The molecule has 0 aliphatic carbocycles. The molecular weight excluding hydrogens is 244 g/mol. The van der Waals surface area contributed by atoms with Gasteiger partial charge in [-0.1, -0.05) is 60.7 Å². The number of benzene rings is 4. The minimum absolute atomic E-state index is 0.753. The highest BCUT2D eigenvalue weighted by molar-refractivity contribution is 6.22. The second-order valence-electron chi connectivity index (χ2n) is 5.01. The number of aldehydes is 1. The average molecular weight is 256 g/mol. The van der Waals surface area contributed by atoms with Crippen LogP contribution in [-0.4, -0.2) is 6.29 Å². The minimum Gasteiger partial charge on any atom is -0.298 e. The SMILES string of the molecule is O=Cc1cc2ccc3ccccc3c2c2ccccc12. The molecule has 0 aromatic heterocycles. The van der Waals surface area contributed by atoms with E-state index in [0.29, 0.717) is 0 Å². The van der Waals surface area contributed by atoms with Gasteiger partial charge in [-0.3, -0.25) is 4.79 Å². The Morgan fingerprint density at radius 1 is 0.650 bits per heavy atom. The molecule has 0 atom stereocenters. The fourth-order valence-corrected chi connectivity index (χ4v) is 3.00. The van der Waals surface area contributed by atoms with Gasteiger partial charge in [-0.15, -0.1) is 0 Å². The Kier molecular flexibility index (Phi) is 2.33. The molecule has 20 heavy (non-hydrogen) atoms. The van der Waals surface area contributed by atoms with E-state index in [1.54, 1.807) is 0 Å². The van der Waals surface area contributed by atoms with Crippen LogP contribution in [0.3, 0.4) is 0 Å². The number of rotatable bonds is 1. The highest BCUT2D eigenvalue weighted by Crippen LogP contribution is 2.33. The van der Waals surface area contributed by atoms with Gasteiger partial charge in [0.05, 0.1) is 0 Å². The summed E-state index contributed by atoms with van der Waals surface area (Å²) in [5.74, 6) is 0. The molecule has 0 bridgehead atoms. The molecule has 0 amide bonds. The van der Waals surface area contributed by atoms with Crippen molar-refractivity contribution in [3.05, 3.63) is 72.3 Å². The van der Waals surface area contributed by atoms with Crippen LogP contribution in [0, 0.1) is 0 Å². The minimum atomic E-state index is 0.753. The molecule has 4 aromatic carbocycles. The van der Waals surface area contributed by atoms with Gasteiger partial charge >= 0.3 is 0 Å². The Labute approximate surface area is 116 Å². The molecule has 0 saturated carbocycles. The van der Waals surface area contributed by atoms with Gasteiger partial charge in [-0.2, -0.15) is 0 Å². The molecule has 0 saturated heterocycles. The average Bonchev–Trinajstić information content (AvgIpc) is 2.53. The third-order valence-electron chi connectivity index (χ3n) is 3.91. The lowest BCUT2D eigenvalue weighted by atomic mass is 9.94. The molecule has 1 nitrogen and oxygen atoms in total. The third kappa shape index (κ3) is 1.47. The molecule has 0 spiro atoms. The molecule has 0 heterocycles. The maximum absolute atomic E-state index is 11.3. The van der Waals surface area contributed by atoms with Gasteiger partial charge in [0.25, 0.3) is 0 Å². The van der Waals surface area contributed by atoms with Crippen LogP contribution in [0.15, 0.2) is 66.7 Å². The highest BCUT2D eigenvalue weighted by Gasteiger charge is 2.08. The number of hydrogen-bond donors (Lipinski definition) is 0. The maximum atomic E-state index is 11.3. The van der Waals surface area contributed by atoms with Crippen molar-refractivity contribution in [2.45, 2.75) is 0 Å². The Morgan fingerprint density at radius 2 is 1.30 bits per heavy atom. The first kappa shape index (κ1) is 11.2. The zero-order valence-electron chi connectivity index (χ0n) is 10.8. The number of carbonyl (C=O) groups is 1. The monoisotopic (exact) mass is 256 g/mol. The molecule has 0 N–H and O–H groups in total. The highest BCUT2D eigenvalue weighted by atomic mass is 16.1. The Balaban J connectivity index is 2.37. The molecule has 0 unspecified atom stereocenters. The predicted molar refractivity (Wildman–Crippen MR) is 84.3 cm³/mol. The van der Waals surface area contributed by atoms with Crippen LogP contribution in [0.5, 0.6) is 0 Å². The van der Waals surface area contributed by atoms with Crippen molar-refractivity contribution in [1.82, 2.24) is 0 Å². The largest absolute Gasteiger partial charge is 0.298 e. The summed E-state index contributed by atoms with van der Waals surface area (Å²) in [6.45, 7) is 0. The zero-order valence-corrected chi connectivity index (χ0v) is 10.8. The summed E-state index contributed by atoms with van der Waals surface area (Å²) in [7, 11) is 0. The van der Waals surface area contributed by atoms with Gasteiger partial charge in [0.2, 0.25) is 0 Å². The zero-order chi connectivity index (χ0) is 13.5. The lowest BCUT2D eigenvalue weighted by Crippen LogP contribution is -1.87. The van der Waals surface area contributed by atoms with Gasteiger partial charge in [-0.25, -0.2) is 0 Å². The summed E-state index contributed by atoms with van der Waals surface area (Å²) in [6.07, 6.45) is 0.941. The molecule has 94 valence electrons. The number of hydrogen-bond acceptors (Lipinski definition) is 1. The lowest BCUT2D eigenvalue weighted by molar-refractivity contribution is 0.112. The van der Waals surface area contributed by atoms with Crippen LogP contribution in [0.4, 0.5) is 0 Å². The quantitative estimate of drug-likeness (QED) is 0.347. The smallest absolute Gasteiger partial charge is 0.150 e. The van der Waals surface area contributed by atoms with E-state index in [1.807, 2.05) is 24.3 Å². The summed E-state index contributed by atoms with van der Waals surface area (Å²) < 4.78 is 0. The molecule has 4 aromatic rings. The van der Waals surface area contributed by atoms with E-state index in [1.165, 1.54) is 16.2 Å². The van der Waals surface area contributed by atoms with Gasteiger partial charge in [0, 0.05) is 5.56 Å². The van der Waals surface area contributed by atoms with Gasteiger partial charge in [0.15, 0.2) is 6.29 Å². The van der Waals surface area contributed by atoms with E-state index >= 15 is 0 Å². The molecule has 0 fully saturated rings. The van der Waals surface area contributed by atoms with Crippen molar-refractivity contribution in [1.29, 1.82) is 0 Å². The first-order chi connectivity index (χ1) is 9.88. The standard InChI is InChI=1S/C19H12O/c20-12-15-11-14-10-9-13-5-1-2-7-17(13)19(14)18-8-4-3-6-16(15)18/h1-12H. The third-order valence-corrected chi connectivity index (χ3v) is 3.91. The second-order valence-corrected chi connectivity index (χ2v) is 5.01. The second kappa shape index (κ2) is 4.17. The summed E-state index contributed by atoms with van der Waals surface area (Å²) in [5, 5.41) is 6.96. The van der Waals surface area contributed by atoms with Crippen molar-refractivity contribution in [2.24, 2.45) is 0 Å². The predicted octanol–water partition coefficient (Wildman–Crippen LogP) is 4.96. The number of fused-ring (bicyclic) bond motifs is 5. The van der Waals surface area contributed by atoms with E-state index in [4.69, 9.17) is 0 Å². The van der Waals surface area contributed by atoms with E-state index in [0.717, 1.165) is 28.0 Å². The Morgan fingerprint density at radius 3 is 2.10 bits per heavy atom. The first-order valence-corrected chi connectivity index (χ1v) is 6.67. The summed E-state index contributed by atoms with van der Waals surface area (Å²) in [4.78, 5) is 11.3. The summed E-state index contributed by atoms with van der Waals surface area (Å²) in [6, 6.07) is 22.7. The topological polar surface area (TPSA) is 17.1 Å². The number of carbonyl (C=O) groups excluding carboxylic acids is 1. The first-order valence-electron chi connectivity index (χ1n) is 6.67. The molecule has 1 heteroatoms. The van der Waals surface area contributed by atoms with E-state index in [2.05, 4.69) is 42.5 Å².